The number of amides is 1. The minimum absolute atomic E-state index is 0.129. The van der Waals surface area contributed by atoms with Crippen molar-refractivity contribution in [2.75, 3.05) is 27.3 Å². The lowest BCUT2D eigenvalue weighted by molar-refractivity contribution is 0.0654. The highest BCUT2D eigenvalue weighted by atomic mass is 35.5. The lowest BCUT2D eigenvalue weighted by Gasteiger charge is -2.38. The van der Waals surface area contributed by atoms with Crippen LogP contribution in [0.5, 0.6) is 11.5 Å². The van der Waals surface area contributed by atoms with Gasteiger partial charge in [-0.15, -0.1) is 0 Å². The van der Waals surface area contributed by atoms with Crippen molar-refractivity contribution < 1.29 is 22.7 Å². The standard InChI is InChI=1S/C18H18ClNO5S/c1-24-16-5-3-4-15(17(16)25-2)18(21)20-10-14(11-20)26(22,23)13-8-6-12(19)7-9-13/h3-9,14H,10-11H2,1-2H3. The van der Waals surface area contributed by atoms with Crippen LogP contribution in [0.1, 0.15) is 10.4 Å². The van der Waals surface area contributed by atoms with E-state index in [9.17, 15) is 13.2 Å². The number of ether oxygens (including phenoxy) is 2. The summed E-state index contributed by atoms with van der Waals surface area (Å²) in [7, 11) is -0.557. The van der Waals surface area contributed by atoms with E-state index < -0.39 is 15.1 Å². The minimum Gasteiger partial charge on any atom is -0.493 e. The predicted molar refractivity (Wildman–Crippen MR) is 97.9 cm³/mol. The van der Waals surface area contributed by atoms with Crippen LogP contribution in [0, 0.1) is 0 Å². The molecule has 0 aliphatic carbocycles. The molecule has 1 amide bonds. The predicted octanol–water partition coefficient (Wildman–Crippen LogP) is 2.66. The lowest BCUT2D eigenvalue weighted by Crippen LogP contribution is -2.56. The number of nitrogens with zero attached hydrogens (tertiary/aromatic N) is 1. The number of methoxy groups -OCH3 is 2. The van der Waals surface area contributed by atoms with Crippen LogP contribution in [0.3, 0.4) is 0 Å². The van der Waals surface area contributed by atoms with Gasteiger partial charge in [-0.05, 0) is 36.4 Å². The summed E-state index contributed by atoms with van der Waals surface area (Å²) >= 11 is 5.81. The molecule has 0 N–H and O–H groups in total. The largest absolute Gasteiger partial charge is 0.493 e. The van der Waals surface area contributed by atoms with Crippen molar-refractivity contribution in [3.63, 3.8) is 0 Å². The molecule has 1 heterocycles. The number of carbonyl (C=O) groups excluding carboxylic acids is 1. The van der Waals surface area contributed by atoms with Crippen molar-refractivity contribution in [3.8, 4) is 11.5 Å². The summed E-state index contributed by atoms with van der Waals surface area (Å²) in [5.74, 6) is 0.497. The van der Waals surface area contributed by atoms with Gasteiger partial charge < -0.3 is 14.4 Å². The second kappa shape index (κ2) is 7.17. The second-order valence-corrected chi connectivity index (χ2v) is 8.54. The van der Waals surface area contributed by atoms with E-state index in [0.717, 1.165) is 0 Å². The van der Waals surface area contributed by atoms with Crippen LogP contribution in [0.2, 0.25) is 5.02 Å². The Morgan fingerprint density at radius 1 is 1.08 bits per heavy atom. The van der Waals surface area contributed by atoms with Gasteiger partial charge in [0.1, 0.15) is 5.25 Å². The van der Waals surface area contributed by atoms with Crippen molar-refractivity contribution in [2.45, 2.75) is 10.1 Å². The number of hydrogen-bond donors (Lipinski definition) is 0. The van der Waals surface area contributed by atoms with Crippen LogP contribution >= 0.6 is 11.6 Å². The molecule has 26 heavy (non-hydrogen) atoms. The zero-order valence-electron chi connectivity index (χ0n) is 14.3. The third-order valence-electron chi connectivity index (χ3n) is 4.35. The molecule has 1 saturated heterocycles. The zero-order chi connectivity index (χ0) is 18.9. The Bertz CT molecular complexity index is 921. The number of carbonyl (C=O) groups is 1. The van der Waals surface area contributed by atoms with Crippen LogP contribution in [-0.2, 0) is 9.84 Å². The van der Waals surface area contributed by atoms with E-state index in [2.05, 4.69) is 0 Å². The average molecular weight is 396 g/mol. The highest BCUT2D eigenvalue weighted by Gasteiger charge is 2.41. The van der Waals surface area contributed by atoms with E-state index in [1.165, 1.54) is 43.4 Å². The molecule has 138 valence electrons. The fourth-order valence-corrected chi connectivity index (χ4v) is 4.62. The van der Waals surface area contributed by atoms with Gasteiger partial charge in [-0.2, -0.15) is 0 Å². The second-order valence-electron chi connectivity index (χ2n) is 5.87. The van der Waals surface area contributed by atoms with Crippen molar-refractivity contribution in [2.24, 2.45) is 0 Å². The molecule has 0 saturated carbocycles. The maximum Gasteiger partial charge on any atom is 0.257 e. The molecular weight excluding hydrogens is 378 g/mol. The highest BCUT2D eigenvalue weighted by Crippen LogP contribution is 2.33. The van der Waals surface area contributed by atoms with Crippen LogP contribution in [-0.4, -0.2) is 51.8 Å². The first-order chi connectivity index (χ1) is 12.4. The van der Waals surface area contributed by atoms with E-state index in [1.807, 2.05) is 0 Å². The van der Waals surface area contributed by atoms with E-state index >= 15 is 0 Å². The first-order valence-corrected chi connectivity index (χ1v) is 9.80. The van der Waals surface area contributed by atoms with Gasteiger partial charge in [-0.3, -0.25) is 4.79 Å². The van der Waals surface area contributed by atoms with E-state index in [-0.39, 0.29) is 23.9 Å². The number of halogens is 1. The van der Waals surface area contributed by atoms with Crippen LogP contribution in [0.4, 0.5) is 0 Å². The molecule has 0 radical (unpaired) electrons. The van der Waals surface area contributed by atoms with Crippen LogP contribution in [0.15, 0.2) is 47.4 Å². The Morgan fingerprint density at radius 2 is 1.73 bits per heavy atom. The summed E-state index contributed by atoms with van der Waals surface area (Å²) in [5, 5.41) is -0.163. The fourth-order valence-electron chi connectivity index (χ4n) is 2.84. The number of sulfone groups is 1. The van der Waals surface area contributed by atoms with Gasteiger partial charge in [-0.25, -0.2) is 8.42 Å². The number of likely N-dealkylation sites (tertiary alicyclic amines) is 1. The van der Waals surface area contributed by atoms with Crippen molar-refractivity contribution in [3.05, 3.63) is 53.1 Å². The molecule has 3 rings (SSSR count). The molecule has 0 atom stereocenters. The van der Waals surface area contributed by atoms with Gasteiger partial charge in [-0.1, -0.05) is 17.7 Å². The highest BCUT2D eigenvalue weighted by molar-refractivity contribution is 7.92. The van der Waals surface area contributed by atoms with Gasteiger partial charge >= 0.3 is 0 Å². The zero-order valence-corrected chi connectivity index (χ0v) is 15.9. The van der Waals surface area contributed by atoms with Gasteiger partial charge in [0.15, 0.2) is 21.3 Å². The Kier molecular flexibility index (Phi) is 5.11. The molecule has 0 unspecified atom stereocenters. The number of hydrogen-bond acceptors (Lipinski definition) is 5. The maximum absolute atomic E-state index is 12.7. The van der Waals surface area contributed by atoms with E-state index in [1.54, 1.807) is 18.2 Å². The van der Waals surface area contributed by atoms with Gasteiger partial charge in [0, 0.05) is 18.1 Å². The van der Waals surface area contributed by atoms with Gasteiger partial charge in [0.05, 0.1) is 24.7 Å². The molecule has 1 aliphatic heterocycles. The van der Waals surface area contributed by atoms with Crippen molar-refractivity contribution in [1.29, 1.82) is 0 Å². The normalized spacial score (nSPS) is 14.7. The SMILES string of the molecule is COc1cccc(C(=O)N2CC(S(=O)(=O)c3ccc(Cl)cc3)C2)c1OC. The monoisotopic (exact) mass is 395 g/mol. The molecule has 0 aromatic heterocycles. The van der Waals surface area contributed by atoms with Crippen molar-refractivity contribution in [1.82, 2.24) is 4.90 Å². The smallest absolute Gasteiger partial charge is 0.257 e. The number of para-hydroxylation sites is 1. The average Bonchev–Trinajstić information content (AvgIpc) is 2.59. The lowest BCUT2D eigenvalue weighted by atomic mass is 10.1. The Hall–Kier alpha value is -2.25. The van der Waals surface area contributed by atoms with Gasteiger partial charge in [0.2, 0.25) is 0 Å². The third kappa shape index (κ3) is 3.24. The molecule has 0 spiro atoms. The molecule has 2 aromatic rings. The molecule has 6 nitrogen and oxygen atoms in total. The van der Waals surface area contributed by atoms with E-state index in [0.29, 0.717) is 22.1 Å². The number of benzene rings is 2. The molecule has 8 heteroatoms. The molecule has 2 aromatic carbocycles. The fraction of sp³-hybridized carbons (Fsp3) is 0.278. The minimum atomic E-state index is -3.50. The Balaban J connectivity index is 1.76. The topological polar surface area (TPSA) is 72.9 Å². The molecular formula is C18H18ClNO5S. The Labute approximate surface area is 157 Å². The summed E-state index contributed by atoms with van der Waals surface area (Å²) in [6.45, 7) is 0.258. The molecule has 1 fully saturated rings. The summed E-state index contributed by atoms with van der Waals surface area (Å²) in [4.78, 5) is 14.4. The molecule has 0 bridgehead atoms. The van der Waals surface area contributed by atoms with E-state index in [4.69, 9.17) is 21.1 Å². The first kappa shape index (κ1) is 18.5. The summed E-state index contributed by atoms with van der Waals surface area (Å²) in [5.41, 5.74) is 0.342. The van der Waals surface area contributed by atoms with Gasteiger partial charge in [0.25, 0.3) is 5.91 Å². The quantitative estimate of drug-likeness (QED) is 0.778. The Morgan fingerprint density at radius 3 is 2.31 bits per heavy atom. The summed E-state index contributed by atoms with van der Waals surface area (Å²) in [6.07, 6.45) is 0. The summed E-state index contributed by atoms with van der Waals surface area (Å²) < 4.78 is 35.7. The third-order valence-corrected chi connectivity index (χ3v) is 6.71. The van der Waals surface area contributed by atoms with Crippen LogP contribution < -0.4 is 9.47 Å². The van der Waals surface area contributed by atoms with Crippen LogP contribution in [0.25, 0.3) is 0 Å². The molecule has 1 aliphatic rings. The maximum atomic E-state index is 12.7. The van der Waals surface area contributed by atoms with Crippen molar-refractivity contribution >= 4 is 27.3 Å². The summed E-state index contributed by atoms with van der Waals surface area (Å²) in [6, 6.07) is 11.1. The number of rotatable bonds is 5. The first-order valence-electron chi connectivity index (χ1n) is 7.88.